The number of carbonyl (C=O) groups is 2. The van der Waals surface area contributed by atoms with Gasteiger partial charge in [-0.15, -0.1) is 0 Å². The Balaban J connectivity index is 0.00000190. The Morgan fingerprint density at radius 3 is 2.04 bits per heavy atom. The van der Waals surface area contributed by atoms with Crippen LogP contribution in [-0.4, -0.2) is 40.9 Å². The molecule has 0 bridgehead atoms. The van der Waals surface area contributed by atoms with Crippen molar-refractivity contribution in [1.29, 1.82) is 0 Å². The highest BCUT2D eigenvalue weighted by Gasteiger charge is 2.11. The number of hydrogen-bond donors (Lipinski definition) is 2. The Morgan fingerprint density at radius 1 is 1.00 bits per heavy atom. The minimum absolute atomic E-state index is 0.311. The van der Waals surface area contributed by atoms with Crippen molar-refractivity contribution < 1.29 is 14.7 Å². The topological polar surface area (TPSA) is 69.6 Å². The van der Waals surface area contributed by atoms with Crippen LogP contribution in [0.5, 0.6) is 0 Å². The van der Waals surface area contributed by atoms with Crippen LogP contribution in [0.15, 0.2) is 42.5 Å². The summed E-state index contributed by atoms with van der Waals surface area (Å²) in [4.78, 5) is 24.6. The van der Waals surface area contributed by atoms with Gasteiger partial charge in [0.15, 0.2) is 0 Å². The van der Waals surface area contributed by atoms with Crippen molar-refractivity contribution >= 4 is 49.5 Å². The zero-order valence-corrected chi connectivity index (χ0v) is 19.5. The summed E-state index contributed by atoms with van der Waals surface area (Å²) in [6.07, 6.45) is -1.36. The number of alkyl halides is 2. The van der Waals surface area contributed by atoms with Crippen molar-refractivity contribution in [3.63, 3.8) is 0 Å². The Morgan fingerprint density at radius 2 is 1.57 bits per heavy atom. The molecule has 0 heterocycles. The SMILES string of the molecule is CC.Cc1cc(N(CCBr)CCBr)ccc1-c1ccc(C(=O)NC(=O)O)cc1. The second-order valence-electron chi connectivity index (χ2n) is 5.70. The summed E-state index contributed by atoms with van der Waals surface area (Å²) in [6, 6.07) is 13.2. The normalized spacial score (nSPS) is 9.89. The molecule has 2 rings (SSSR count). The fourth-order valence-electron chi connectivity index (χ4n) is 2.71. The molecule has 7 heteroatoms. The molecule has 0 spiro atoms. The van der Waals surface area contributed by atoms with E-state index in [0.717, 1.165) is 40.4 Å². The molecule has 0 aliphatic carbocycles. The van der Waals surface area contributed by atoms with Gasteiger partial charge in [-0.1, -0.05) is 63.9 Å². The van der Waals surface area contributed by atoms with E-state index in [2.05, 4.69) is 61.9 Å². The van der Waals surface area contributed by atoms with E-state index >= 15 is 0 Å². The van der Waals surface area contributed by atoms with E-state index in [0.29, 0.717) is 5.56 Å². The summed E-state index contributed by atoms with van der Waals surface area (Å²) < 4.78 is 0. The van der Waals surface area contributed by atoms with Gasteiger partial charge in [0.2, 0.25) is 0 Å². The van der Waals surface area contributed by atoms with Crippen molar-refractivity contribution in [2.45, 2.75) is 20.8 Å². The van der Waals surface area contributed by atoms with Crippen LogP contribution in [0.2, 0.25) is 0 Å². The highest BCUT2D eigenvalue weighted by molar-refractivity contribution is 9.09. The predicted octanol–water partition coefficient (Wildman–Crippen LogP) is 5.69. The number of carboxylic acid groups (broad SMARTS) is 1. The molecule has 0 fully saturated rings. The largest absolute Gasteiger partial charge is 0.465 e. The number of aryl methyl sites for hydroxylation is 1. The quantitative estimate of drug-likeness (QED) is 0.466. The molecule has 0 aromatic heterocycles. The number of benzene rings is 2. The lowest BCUT2D eigenvalue weighted by Gasteiger charge is -2.24. The lowest BCUT2D eigenvalue weighted by atomic mass is 9.98. The van der Waals surface area contributed by atoms with E-state index in [-0.39, 0.29) is 0 Å². The number of hydrogen-bond acceptors (Lipinski definition) is 3. The van der Waals surface area contributed by atoms with Crippen LogP contribution in [0, 0.1) is 6.92 Å². The first-order valence-corrected chi connectivity index (χ1v) is 11.3. The Kier molecular flexibility index (Phi) is 10.9. The van der Waals surface area contributed by atoms with Crippen molar-refractivity contribution in [3.05, 3.63) is 53.6 Å². The molecule has 0 radical (unpaired) electrons. The van der Waals surface area contributed by atoms with Crippen molar-refractivity contribution in [1.82, 2.24) is 5.32 Å². The highest BCUT2D eigenvalue weighted by atomic mass is 79.9. The van der Waals surface area contributed by atoms with Crippen LogP contribution in [0.25, 0.3) is 11.1 Å². The van der Waals surface area contributed by atoms with E-state index in [1.165, 1.54) is 5.69 Å². The molecule has 0 saturated heterocycles. The summed E-state index contributed by atoms with van der Waals surface area (Å²) in [5.41, 5.74) is 4.68. The van der Waals surface area contributed by atoms with Crippen LogP contribution >= 0.6 is 31.9 Å². The number of imide groups is 1. The van der Waals surface area contributed by atoms with Gasteiger partial charge in [0, 0.05) is 35.0 Å². The summed E-state index contributed by atoms with van der Waals surface area (Å²) in [5.74, 6) is -0.628. The standard InChI is InChI=1S/C19H20Br2N2O3.C2H6/c1-13-12-16(23(10-8-20)11-9-21)6-7-17(13)14-2-4-15(5-3-14)18(24)22-19(25)26;1-2/h2-7,12H,8-11H2,1H3,(H,22,24)(H,25,26);1-2H3. The average Bonchev–Trinajstić information content (AvgIpc) is 2.69. The molecular weight excluding hydrogens is 488 g/mol. The van der Waals surface area contributed by atoms with Crippen LogP contribution in [0.1, 0.15) is 29.8 Å². The Hall–Kier alpha value is -1.86. The molecule has 5 nitrogen and oxygen atoms in total. The number of rotatable bonds is 7. The monoisotopic (exact) mass is 512 g/mol. The summed E-state index contributed by atoms with van der Waals surface area (Å²) in [6.45, 7) is 7.92. The van der Waals surface area contributed by atoms with E-state index < -0.39 is 12.0 Å². The third-order valence-electron chi connectivity index (χ3n) is 3.96. The van der Waals surface area contributed by atoms with Gasteiger partial charge in [-0.3, -0.25) is 10.1 Å². The van der Waals surface area contributed by atoms with Crippen molar-refractivity contribution in [2.24, 2.45) is 0 Å². The van der Waals surface area contributed by atoms with Crippen LogP contribution in [0.4, 0.5) is 10.5 Å². The van der Waals surface area contributed by atoms with Gasteiger partial charge in [-0.2, -0.15) is 0 Å². The second kappa shape index (κ2) is 12.6. The molecule has 28 heavy (non-hydrogen) atoms. The van der Waals surface area contributed by atoms with Gasteiger partial charge < -0.3 is 10.0 Å². The van der Waals surface area contributed by atoms with E-state index in [1.54, 1.807) is 12.1 Å². The molecule has 0 atom stereocenters. The molecular formula is C21H26Br2N2O3. The third kappa shape index (κ3) is 6.95. The number of nitrogens with zero attached hydrogens (tertiary/aromatic N) is 1. The number of carbonyl (C=O) groups excluding carboxylic acids is 1. The number of nitrogens with one attached hydrogen (secondary N) is 1. The molecule has 0 unspecified atom stereocenters. The molecule has 2 aromatic rings. The zero-order chi connectivity index (χ0) is 21.1. The lowest BCUT2D eigenvalue weighted by Crippen LogP contribution is -2.28. The van der Waals surface area contributed by atoms with E-state index in [1.807, 2.05) is 31.3 Å². The number of amides is 2. The zero-order valence-electron chi connectivity index (χ0n) is 16.3. The maximum Gasteiger partial charge on any atom is 0.411 e. The first-order chi connectivity index (χ1) is 13.5. The molecule has 2 aromatic carbocycles. The van der Waals surface area contributed by atoms with Gasteiger partial charge in [0.1, 0.15) is 0 Å². The van der Waals surface area contributed by atoms with Crippen LogP contribution in [0.3, 0.4) is 0 Å². The summed E-state index contributed by atoms with van der Waals surface area (Å²) in [5, 5.41) is 12.3. The van der Waals surface area contributed by atoms with Crippen molar-refractivity contribution in [3.8, 4) is 11.1 Å². The number of anilines is 1. The minimum atomic E-state index is -1.36. The highest BCUT2D eigenvalue weighted by Crippen LogP contribution is 2.28. The smallest absolute Gasteiger partial charge is 0.411 e. The van der Waals surface area contributed by atoms with Crippen LogP contribution < -0.4 is 10.2 Å². The van der Waals surface area contributed by atoms with E-state index in [9.17, 15) is 9.59 Å². The van der Waals surface area contributed by atoms with Gasteiger partial charge in [-0.05, 0) is 47.9 Å². The first-order valence-electron chi connectivity index (χ1n) is 9.08. The predicted molar refractivity (Wildman–Crippen MR) is 123 cm³/mol. The van der Waals surface area contributed by atoms with Crippen LogP contribution in [-0.2, 0) is 0 Å². The maximum absolute atomic E-state index is 11.7. The fourth-order valence-corrected chi connectivity index (χ4v) is 3.57. The Bertz CT molecular complexity index is 774. The maximum atomic E-state index is 11.7. The molecule has 0 saturated carbocycles. The third-order valence-corrected chi connectivity index (χ3v) is 4.67. The minimum Gasteiger partial charge on any atom is -0.465 e. The second-order valence-corrected chi connectivity index (χ2v) is 7.29. The first kappa shape index (κ1) is 24.2. The van der Waals surface area contributed by atoms with Gasteiger partial charge in [0.05, 0.1) is 0 Å². The molecule has 2 amide bonds. The van der Waals surface area contributed by atoms with Gasteiger partial charge >= 0.3 is 6.09 Å². The number of halogens is 2. The molecule has 2 N–H and O–H groups in total. The average molecular weight is 514 g/mol. The molecule has 0 aliphatic heterocycles. The summed E-state index contributed by atoms with van der Waals surface area (Å²) in [7, 11) is 0. The lowest BCUT2D eigenvalue weighted by molar-refractivity contribution is 0.0948. The fraction of sp³-hybridized carbons (Fsp3) is 0.333. The van der Waals surface area contributed by atoms with Gasteiger partial charge in [-0.25, -0.2) is 4.79 Å². The van der Waals surface area contributed by atoms with E-state index in [4.69, 9.17) is 5.11 Å². The van der Waals surface area contributed by atoms with Crippen molar-refractivity contribution in [2.75, 3.05) is 28.6 Å². The van der Waals surface area contributed by atoms with Gasteiger partial charge in [0.25, 0.3) is 5.91 Å². The Labute approximate surface area is 183 Å². The summed E-state index contributed by atoms with van der Waals surface area (Å²) >= 11 is 6.99. The molecule has 152 valence electrons. The molecule has 0 aliphatic rings.